The summed E-state index contributed by atoms with van der Waals surface area (Å²) < 4.78 is 16.5. The summed E-state index contributed by atoms with van der Waals surface area (Å²) in [4.78, 5) is 27.6. The van der Waals surface area contributed by atoms with Crippen molar-refractivity contribution in [3.8, 4) is 11.5 Å². The maximum absolute atomic E-state index is 13.2. The van der Waals surface area contributed by atoms with Crippen LogP contribution in [0.5, 0.6) is 11.5 Å². The molecule has 0 saturated carbocycles. The molecule has 3 rings (SSSR count). The first kappa shape index (κ1) is 24.3. The van der Waals surface area contributed by atoms with Crippen molar-refractivity contribution in [3.05, 3.63) is 64.2 Å². The first-order chi connectivity index (χ1) is 15.7. The van der Waals surface area contributed by atoms with Gasteiger partial charge in [0.05, 0.1) is 37.0 Å². The number of hydrogen-bond acceptors (Lipinski definition) is 6. The van der Waals surface area contributed by atoms with Crippen LogP contribution >= 0.6 is 0 Å². The highest BCUT2D eigenvalue weighted by Gasteiger charge is 2.46. The third kappa shape index (κ3) is 4.88. The van der Waals surface area contributed by atoms with Crippen LogP contribution in [0.2, 0.25) is 0 Å². The van der Waals surface area contributed by atoms with Gasteiger partial charge in [-0.2, -0.15) is 0 Å². The maximum Gasteiger partial charge on any atom is 0.295 e. The van der Waals surface area contributed by atoms with Gasteiger partial charge < -0.3 is 24.2 Å². The Balaban J connectivity index is 2.24. The second-order valence-electron chi connectivity index (χ2n) is 8.39. The first-order valence-corrected chi connectivity index (χ1v) is 10.9. The van der Waals surface area contributed by atoms with E-state index < -0.39 is 17.7 Å². The Morgan fingerprint density at radius 2 is 1.85 bits per heavy atom. The highest BCUT2D eigenvalue weighted by molar-refractivity contribution is 6.46. The quantitative estimate of drug-likeness (QED) is 0.367. The topological polar surface area (TPSA) is 85.3 Å². The fraction of sp³-hybridized carbons (Fsp3) is 0.385. The second kappa shape index (κ2) is 10.1. The lowest BCUT2D eigenvalue weighted by Crippen LogP contribution is -2.32. The number of ketones is 1. The molecule has 176 valence electrons. The van der Waals surface area contributed by atoms with Crippen LogP contribution in [0.1, 0.15) is 42.1 Å². The van der Waals surface area contributed by atoms with Gasteiger partial charge in [-0.3, -0.25) is 9.59 Å². The summed E-state index contributed by atoms with van der Waals surface area (Å²) in [7, 11) is 3.04. The zero-order chi connectivity index (χ0) is 24.3. The van der Waals surface area contributed by atoms with Crippen molar-refractivity contribution in [3.63, 3.8) is 0 Å². The van der Waals surface area contributed by atoms with E-state index in [2.05, 4.69) is 0 Å². The van der Waals surface area contributed by atoms with E-state index in [1.807, 2.05) is 45.9 Å². The molecule has 1 saturated heterocycles. The van der Waals surface area contributed by atoms with Crippen molar-refractivity contribution in [2.75, 3.05) is 27.4 Å². The van der Waals surface area contributed by atoms with E-state index in [-0.39, 0.29) is 30.6 Å². The number of carbonyl (C=O) groups excluding carboxylic acids is 2. The Morgan fingerprint density at radius 1 is 1.12 bits per heavy atom. The summed E-state index contributed by atoms with van der Waals surface area (Å²) in [6, 6.07) is 10.1. The summed E-state index contributed by atoms with van der Waals surface area (Å²) in [6.45, 7) is 8.04. The molecule has 1 atom stereocenters. The molecule has 0 spiro atoms. The standard InChI is InChI=1S/C26H31NO6/c1-15(2)33-19-9-7-8-18(14-19)22-21(24(29)26(30)27(22)10-11-31-5)23(28)20-13-16(3)12-17(4)25(20)32-6/h7-9,12-15,22,28H,10-11H2,1-6H3/b23-21+. The van der Waals surface area contributed by atoms with E-state index in [1.165, 1.54) is 19.1 Å². The molecule has 33 heavy (non-hydrogen) atoms. The molecule has 1 fully saturated rings. The molecular formula is C26H31NO6. The minimum absolute atomic E-state index is 0.0149. The van der Waals surface area contributed by atoms with Gasteiger partial charge in [0.15, 0.2) is 0 Å². The molecule has 0 aliphatic carbocycles. The third-order valence-electron chi connectivity index (χ3n) is 5.50. The molecule has 0 aromatic heterocycles. The zero-order valence-corrected chi connectivity index (χ0v) is 20.0. The predicted molar refractivity (Wildman–Crippen MR) is 126 cm³/mol. The number of amides is 1. The van der Waals surface area contributed by atoms with Crippen LogP contribution in [-0.4, -0.2) is 55.2 Å². The van der Waals surface area contributed by atoms with Crippen LogP contribution in [0, 0.1) is 13.8 Å². The van der Waals surface area contributed by atoms with E-state index in [0.29, 0.717) is 22.6 Å². The van der Waals surface area contributed by atoms with E-state index in [0.717, 1.165) is 11.1 Å². The van der Waals surface area contributed by atoms with Crippen LogP contribution in [0.3, 0.4) is 0 Å². The SMILES string of the molecule is COCCN1C(=O)C(=O)/C(=C(/O)c2cc(C)cc(C)c2OC)C1c1cccc(OC(C)C)c1. The Kier molecular flexibility index (Phi) is 7.43. The van der Waals surface area contributed by atoms with E-state index in [9.17, 15) is 14.7 Å². The molecule has 0 bridgehead atoms. The van der Waals surface area contributed by atoms with Gasteiger partial charge in [0.25, 0.3) is 11.7 Å². The van der Waals surface area contributed by atoms with Crippen molar-refractivity contribution in [1.82, 2.24) is 4.90 Å². The van der Waals surface area contributed by atoms with E-state index >= 15 is 0 Å². The fourth-order valence-electron chi connectivity index (χ4n) is 4.22. The lowest BCUT2D eigenvalue weighted by atomic mass is 9.93. The van der Waals surface area contributed by atoms with Crippen molar-refractivity contribution >= 4 is 17.4 Å². The van der Waals surface area contributed by atoms with Gasteiger partial charge in [-0.25, -0.2) is 0 Å². The summed E-state index contributed by atoms with van der Waals surface area (Å²) in [5.41, 5.74) is 2.76. The van der Waals surface area contributed by atoms with Crippen LogP contribution in [0.25, 0.3) is 5.76 Å². The average molecular weight is 454 g/mol. The van der Waals surface area contributed by atoms with Crippen molar-refractivity contribution in [1.29, 1.82) is 0 Å². The zero-order valence-electron chi connectivity index (χ0n) is 20.0. The Morgan fingerprint density at radius 3 is 2.48 bits per heavy atom. The lowest BCUT2D eigenvalue weighted by molar-refractivity contribution is -0.140. The lowest BCUT2D eigenvalue weighted by Gasteiger charge is -2.26. The molecule has 7 nitrogen and oxygen atoms in total. The van der Waals surface area contributed by atoms with Gasteiger partial charge >= 0.3 is 0 Å². The van der Waals surface area contributed by atoms with Gasteiger partial charge in [0.2, 0.25) is 0 Å². The smallest absolute Gasteiger partial charge is 0.295 e. The summed E-state index contributed by atoms with van der Waals surface area (Å²) in [5, 5.41) is 11.4. The molecule has 1 aliphatic rings. The minimum Gasteiger partial charge on any atom is -0.507 e. The van der Waals surface area contributed by atoms with Gasteiger partial charge in [-0.1, -0.05) is 18.2 Å². The van der Waals surface area contributed by atoms with Gasteiger partial charge in [-0.05, 0) is 62.6 Å². The number of benzene rings is 2. The summed E-state index contributed by atoms with van der Waals surface area (Å²) in [5.74, 6) is -0.625. The molecule has 1 aliphatic heterocycles. The van der Waals surface area contributed by atoms with Crippen molar-refractivity contribution < 1.29 is 28.9 Å². The molecule has 2 aromatic carbocycles. The number of methoxy groups -OCH3 is 2. The third-order valence-corrected chi connectivity index (χ3v) is 5.50. The molecule has 1 unspecified atom stereocenters. The number of aliphatic hydroxyl groups excluding tert-OH is 1. The molecule has 7 heteroatoms. The summed E-state index contributed by atoms with van der Waals surface area (Å²) >= 11 is 0. The highest BCUT2D eigenvalue weighted by Crippen LogP contribution is 2.42. The summed E-state index contributed by atoms with van der Waals surface area (Å²) in [6.07, 6.45) is -0.0420. The number of carbonyl (C=O) groups is 2. The molecule has 0 radical (unpaired) electrons. The number of likely N-dealkylation sites (tertiary alicyclic amines) is 1. The number of aryl methyl sites for hydroxylation is 2. The first-order valence-electron chi connectivity index (χ1n) is 10.9. The number of ether oxygens (including phenoxy) is 3. The monoisotopic (exact) mass is 453 g/mol. The molecule has 2 aromatic rings. The van der Waals surface area contributed by atoms with Crippen LogP contribution < -0.4 is 9.47 Å². The Labute approximate surface area is 194 Å². The number of aliphatic hydroxyl groups is 1. The predicted octanol–water partition coefficient (Wildman–Crippen LogP) is 4.17. The van der Waals surface area contributed by atoms with Gasteiger partial charge in [-0.15, -0.1) is 0 Å². The largest absolute Gasteiger partial charge is 0.507 e. The maximum atomic E-state index is 13.2. The number of rotatable bonds is 8. The van der Waals surface area contributed by atoms with E-state index in [4.69, 9.17) is 14.2 Å². The van der Waals surface area contributed by atoms with Crippen LogP contribution in [0.4, 0.5) is 0 Å². The Bertz CT molecular complexity index is 1090. The molecule has 1 amide bonds. The van der Waals surface area contributed by atoms with Crippen molar-refractivity contribution in [2.24, 2.45) is 0 Å². The van der Waals surface area contributed by atoms with Crippen LogP contribution in [-0.2, 0) is 14.3 Å². The minimum atomic E-state index is -0.790. The fourth-order valence-corrected chi connectivity index (χ4v) is 4.22. The van der Waals surface area contributed by atoms with E-state index in [1.54, 1.807) is 18.2 Å². The van der Waals surface area contributed by atoms with Gasteiger partial charge in [0.1, 0.15) is 17.3 Å². The average Bonchev–Trinajstić information content (AvgIpc) is 3.01. The molecule has 1 heterocycles. The number of nitrogens with zero attached hydrogens (tertiary/aromatic N) is 1. The van der Waals surface area contributed by atoms with Gasteiger partial charge in [0, 0.05) is 13.7 Å². The number of hydrogen-bond donors (Lipinski definition) is 1. The second-order valence-corrected chi connectivity index (χ2v) is 8.39. The highest BCUT2D eigenvalue weighted by atomic mass is 16.5. The normalized spacial score (nSPS) is 17.7. The number of Topliss-reactive ketones (excluding diaryl/α,β-unsaturated/α-hetero) is 1. The van der Waals surface area contributed by atoms with Crippen LogP contribution in [0.15, 0.2) is 42.0 Å². The van der Waals surface area contributed by atoms with Crippen molar-refractivity contribution in [2.45, 2.75) is 39.8 Å². The Hall–Kier alpha value is -3.32. The molecular weight excluding hydrogens is 422 g/mol. The molecule has 1 N–H and O–H groups in total.